The number of halogens is 2. The summed E-state index contributed by atoms with van der Waals surface area (Å²) in [6, 6.07) is 12.6. The van der Waals surface area contributed by atoms with E-state index in [1.165, 1.54) is 6.21 Å². The van der Waals surface area contributed by atoms with E-state index in [-0.39, 0.29) is 0 Å². The van der Waals surface area contributed by atoms with Crippen molar-refractivity contribution in [2.75, 3.05) is 6.61 Å². The first-order valence-corrected chi connectivity index (χ1v) is 9.32. The minimum absolute atomic E-state index is 0.325. The van der Waals surface area contributed by atoms with E-state index in [0.717, 1.165) is 11.3 Å². The highest BCUT2D eigenvalue weighted by molar-refractivity contribution is 6.38. The Kier molecular flexibility index (Phi) is 6.34. The molecule has 0 aliphatic rings. The van der Waals surface area contributed by atoms with Gasteiger partial charge in [-0.2, -0.15) is 10.2 Å². The second kappa shape index (κ2) is 8.91. The predicted octanol–water partition coefficient (Wildman–Crippen LogP) is 4.85. The van der Waals surface area contributed by atoms with Crippen LogP contribution in [0, 0.1) is 6.92 Å². The Labute approximate surface area is 172 Å². The van der Waals surface area contributed by atoms with Crippen LogP contribution in [-0.2, 0) is 0 Å². The molecule has 0 aliphatic heterocycles. The lowest BCUT2D eigenvalue weighted by Gasteiger charge is -2.04. The van der Waals surface area contributed by atoms with E-state index in [4.69, 9.17) is 27.9 Å². The molecule has 1 aromatic heterocycles. The van der Waals surface area contributed by atoms with Gasteiger partial charge < -0.3 is 4.74 Å². The molecule has 0 spiro atoms. The summed E-state index contributed by atoms with van der Waals surface area (Å²) < 4.78 is 5.44. The fourth-order valence-electron chi connectivity index (χ4n) is 2.62. The number of hydrazone groups is 1. The van der Waals surface area contributed by atoms with E-state index in [1.54, 1.807) is 18.2 Å². The topological polar surface area (TPSA) is 79.4 Å². The zero-order valence-corrected chi connectivity index (χ0v) is 16.8. The maximum atomic E-state index is 12.4. The van der Waals surface area contributed by atoms with Gasteiger partial charge in [-0.05, 0) is 50.2 Å². The Morgan fingerprint density at radius 2 is 1.89 bits per heavy atom. The summed E-state index contributed by atoms with van der Waals surface area (Å²) >= 11 is 12.2. The van der Waals surface area contributed by atoms with Crippen molar-refractivity contribution in [2.24, 2.45) is 5.10 Å². The Bertz CT molecular complexity index is 993. The molecule has 0 saturated carbocycles. The van der Waals surface area contributed by atoms with E-state index in [9.17, 15) is 4.79 Å². The predicted molar refractivity (Wildman–Crippen MR) is 111 cm³/mol. The van der Waals surface area contributed by atoms with E-state index in [2.05, 4.69) is 20.7 Å². The van der Waals surface area contributed by atoms with Gasteiger partial charge >= 0.3 is 0 Å². The Hall–Kier alpha value is -2.83. The third-order valence-electron chi connectivity index (χ3n) is 4.03. The van der Waals surface area contributed by atoms with Gasteiger partial charge in [-0.1, -0.05) is 29.3 Å². The number of carbonyl (C=O) groups excluding carboxylic acids is 1. The van der Waals surface area contributed by atoms with Crippen LogP contribution in [0.2, 0.25) is 10.0 Å². The lowest BCUT2D eigenvalue weighted by Crippen LogP contribution is -2.19. The minimum atomic E-state index is -0.415. The summed E-state index contributed by atoms with van der Waals surface area (Å²) in [7, 11) is 0. The molecule has 0 atom stereocenters. The van der Waals surface area contributed by atoms with Crippen LogP contribution < -0.4 is 10.2 Å². The van der Waals surface area contributed by atoms with Crippen molar-refractivity contribution in [3.05, 3.63) is 69.3 Å². The fraction of sp³-hybridized carbons (Fsp3) is 0.150. The summed E-state index contributed by atoms with van der Waals surface area (Å²) in [5.41, 5.74) is 5.59. The third-order valence-corrected chi connectivity index (χ3v) is 4.69. The highest BCUT2D eigenvalue weighted by atomic mass is 35.5. The summed E-state index contributed by atoms with van der Waals surface area (Å²) in [6.07, 6.45) is 1.40. The number of hydrogen-bond acceptors (Lipinski definition) is 4. The van der Waals surface area contributed by atoms with Gasteiger partial charge in [-0.25, -0.2) is 5.43 Å². The molecule has 144 valence electrons. The Morgan fingerprint density at radius 3 is 2.54 bits per heavy atom. The molecule has 0 radical (unpaired) electrons. The van der Waals surface area contributed by atoms with Gasteiger partial charge in [-0.3, -0.25) is 9.89 Å². The monoisotopic (exact) mass is 416 g/mol. The van der Waals surface area contributed by atoms with Crippen molar-refractivity contribution in [2.45, 2.75) is 13.8 Å². The van der Waals surface area contributed by atoms with E-state index >= 15 is 0 Å². The number of rotatable bonds is 6. The quantitative estimate of drug-likeness (QED) is 0.444. The normalized spacial score (nSPS) is 11.0. The molecule has 3 aromatic rings. The molecule has 6 nitrogen and oxygen atoms in total. The first-order valence-electron chi connectivity index (χ1n) is 8.57. The van der Waals surface area contributed by atoms with E-state index in [0.29, 0.717) is 39.2 Å². The number of ether oxygens (including phenoxy) is 1. The summed E-state index contributed by atoms with van der Waals surface area (Å²) in [5.74, 6) is 0.367. The lowest BCUT2D eigenvalue weighted by atomic mass is 10.1. The first kappa shape index (κ1) is 19.9. The third kappa shape index (κ3) is 4.35. The zero-order chi connectivity index (χ0) is 20.1. The number of hydrogen-bond donors (Lipinski definition) is 2. The number of nitrogens with zero attached hydrogens (tertiary/aromatic N) is 2. The highest BCUT2D eigenvalue weighted by Gasteiger charge is 2.16. The van der Waals surface area contributed by atoms with Gasteiger partial charge in [0.1, 0.15) is 11.4 Å². The van der Waals surface area contributed by atoms with Crippen LogP contribution in [0.4, 0.5) is 0 Å². The largest absolute Gasteiger partial charge is 0.494 e. The Balaban J connectivity index is 1.74. The molecular weight excluding hydrogens is 399 g/mol. The fourth-order valence-corrected chi connectivity index (χ4v) is 3.12. The van der Waals surface area contributed by atoms with Crippen LogP contribution in [-0.4, -0.2) is 28.9 Å². The van der Waals surface area contributed by atoms with Crippen LogP contribution in [0.1, 0.15) is 28.5 Å². The zero-order valence-electron chi connectivity index (χ0n) is 15.3. The van der Waals surface area contributed by atoms with Crippen LogP contribution in [0.15, 0.2) is 47.6 Å². The molecule has 0 fully saturated rings. The molecule has 8 heteroatoms. The standard InChI is InChI=1S/C20H18Cl2N4O2/c1-3-28-14-9-7-13(8-10-14)18-12(2)19(25-24-18)20(27)26-23-11-15-16(21)5-4-6-17(15)22/h4-11H,3H2,1-2H3,(H,24,25)(H,26,27)/b23-11+. The molecule has 0 unspecified atom stereocenters. The minimum Gasteiger partial charge on any atom is -0.494 e. The van der Waals surface area contributed by atoms with Crippen LogP contribution >= 0.6 is 23.2 Å². The number of aromatic amines is 1. The van der Waals surface area contributed by atoms with Gasteiger partial charge in [0.05, 0.1) is 28.6 Å². The van der Waals surface area contributed by atoms with Gasteiger partial charge in [0, 0.05) is 16.7 Å². The van der Waals surface area contributed by atoms with Crippen LogP contribution in [0.5, 0.6) is 5.75 Å². The highest BCUT2D eigenvalue weighted by Crippen LogP contribution is 2.25. The second-order valence-corrected chi connectivity index (χ2v) is 6.68. The van der Waals surface area contributed by atoms with Crippen molar-refractivity contribution in [3.63, 3.8) is 0 Å². The van der Waals surface area contributed by atoms with Crippen molar-refractivity contribution < 1.29 is 9.53 Å². The smallest absolute Gasteiger partial charge is 0.289 e. The molecule has 2 aromatic carbocycles. The molecule has 1 heterocycles. The van der Waals surface area contributed by atoms with Gasteiger partial charge in [0.2, 0.25) is 0 Å². The summed E-state index contributed by atoms with van der Waals surface area (Å²) in [5, 5.41) is 11.8. The molecule has 2 N–H and O–H groups in total. The van der Waals surface area contributed by atoms with E-state index in [1.807, 2.05) is 38.1 Å². The number of amides is 1. The number of benzene rings is 2. The number of H-pyrrole nitrogens is 1. The van der Waals surface area contributed by atoms with Crippen LogP contribution in [0.25, 0.3) is 11.3 Å². The number of carbonyl (C=O) groups is 1. The van der Waals surface area contributed by atoms with Crippen molar-refractivity contribution in [1.29, 1.82) is 0 Å². The Morgan fingerprint density at radius 1 is 1.21 bits per heavy atom. The van der Waals surface area contributed by atoms with E-state index < -0.39 is 5.91 Å². The lowest BCUT2D eigenvalue weighted by molar-refractivity contribution is 0.0949. The molecule has 28 heavy (non-hydrogen) atoms. The molecular formula is C20H18Cl2N4O2. The average Bonchev–Trinajstić information content (AvgIpc) is 3.06. The number of nitrogens with one attached hydrogen (secondary N) is 2. The molecule has 3 rings (SSSR count). The average molecular weight is 417 g/mol. The summed E-state index contributed by atoms with van der Waals surface area (Å²) in [4.78, 5) is 12.4. The maximum Gasteiger partial charge on any atom is 0.289 e. The SMILES string of the molecule is CCOc1ccc(-c2n[nH]c(C(=O)N/N=C/c3c(Cl)cccc3Cl)c2C)cc1. The van der Waals surface area contributed by atoms with Gasteiger partial charge in [-0.15, -0.1) is 0 Å². The molecule has 1 amide bonds. The summed E-state index contributed by atoms with van der Waals surface area (Å²) in [6.45, 7) is 4.35. The molecule has 0 aliphatic carbocycles. The molecule has 0 bridgehead atoms. The van der Waals surface area contributed by atoms with Crippen LogP contribution in [0.3, 0.4) is 0 Å². The maximum absolute atomic E-state index is 12.4. The first-order chi connectivity index (χ1) is 13.5. The van der Waals surface area contributed by atoms with Crippen molar-refractivity contribution >= 4 is 35.3 Å². The van der Waals surface area contributed by atoms with Gasteiger partial charge in [0.15, 0.2) is 0 Å². The number of aromatic nitrogens is 2. The second-order valence-electron chi connectivity index (χ2n) is 5.86. The molecule has 0 saturated heterocycles. The van der Waals surface area contributed by atoms with Gasteiger partial charge in [0.25, 0.3) is 5.91 Å². The van der Waals surface area contributed by atoms with Crippen molar-refractivity contribution in [3.8, 4) is 17.0 Å². The van der Waals surface area contributed by atoms with Crippen molar-refractivity contribution in [1.82, 2.24) is 15.6 Å².